The fraction of sp³-hybridized carbons (Fsp3) is 0.294. The molecule has 0 bridgehead atoms. The molecule has 1 aliphatic rings. The van der Waals surface area contributed by atoms with Crippen molar-refractivity contribution < 1.29 is 0 Å². The Balaban J connectivity index is 1.96. The van der Waals surface area contributed by atoms with Gasteiger partial charge in [0.05, 0.1) is 0 Å². The summed E-state index contributed by atoms with van der Waals surface area (Å²) in [7, 11) is 1.97. The van der Waals surface area contributed by atoms with E-state index >= 15 is 0 Å². The van der Waals surface area contributed by atoms with E-state index in [-0.39, 0.29) is 0 Å². The molecule has 1 N–H and O–H groups in total. The second-order valence-corrected chi connectivity index (χ2v) is 6.04. The number of rotatable bonds is 3. The average molecular weight is 331 g/mol. The first-order valence-electron chi connectivity index (χ1n) is 7.08. The maximum atomic E-state index is 3.69. The number of anilines is 2. The lowest BCUT2D eigenvalue weighted by Gasteiger charge is -2.31. The highest BCUT2D eigenvalue weighted by Crippen LogP contribution is 2.35. The van der Waals surface area contributed by atoms with Gasteiger partial charge in [-0.25, -0.2) is 0 Å². The van der Waals surface area contributed by atoms with Crippen LogP contribution < -0.4 is 10.2 Å². The highest BCUT2D eigenvalue weighted by Gasteiger charge is 2.18. The number of hydrogen-bond donors (Lipinski definition) is 1. The Morgan fingerprint density at radius 1 is 1.20 bits per heavy atom. The van der Waals surface area contributed by atoms with Gasteiger partial charge in [0, 0.05) is 28.9 Å². The average Bonchev–Trinajstić information content (AvgIpc) is 2.49. The van der Waals surface area contributed by atoms with Crippen LogP contribution in [0, 0.1) is 0 Å². The van der Waals surface area contributed by atoms with E-state index in [0.29, 0.717) is 0 Å². The van der Waals surface area contributed by atoms with Gasteiger partial charge in [0.2, 0.25) is 0 Å². The summed E-state index contributed by atoms with van der Waals surface area (Å²) in [5.74, 6) is 0. The van der Waals surface area contributed by atoms with Gasteiger partial charge >= 0.3 is 0 Å². The normalized spacial score (nSPS) is 14.2. The summed E-state index contributed by atoms with van der Waals surface area (Å²) in [6.07, 6.45) is 2.40. The molecule has 0 aromatic heterocycles. The van der Waals surface area contributed by atoms with Gasteiger partial charge in [-0.05, 0) is 49.2 Å². The van der Waals surface area contributed by atoms with Crippen molar-refractivity contribution >= 4 is 27.3 Å². The summed E-state index contributed by atoms with van der Waals surface area (Å²) >= 11 is 3.69. The lowest BCUT2D eigenvalue weighted by atomic mass is 10.0. The van der Waals surface area contributed by atoms with Gasteiger partial charge in [-0.15, -0.1) is 0 Å². The molecule has 2 aromatic carbocycles. The Labute approximate surface area is 128 Å². The van der Waals surface area contributed by atoms with Crippen LogP contribution >= 0.6 is 15.9 Å². The number of benzene rings is 2. The van der Waals surface area contributed by atoms with Crippen molar-refractivity contribution in [2.45, 2.75) is 19.4 Å². The molecule has 3 rings (SSSR count). The molecule has 0 spiro atoms. The Bertz CT molecular complexity index is 610. The number of hydrogen-bond acceptors (Lipinski definition) is 2. The minimum absolute atomic E-state index is 0.886. The lowest BCUT2D eigenvalue weighted by molar-refractivity contribution is 0.765. The van der Waals surface area contributed by atoms with E-state index in [1.807, 2.05) is 7.05 Å². The summed E-state index contributed by atoms with van der Waals surface area (Å²) in [5.41, 5.74) is 5.37. The zero-order chi connectivity index (χ0) is 13.9. The SMILES string of the molecule is CNCc1ccc(N2CCCc3ccccc32)cc1Br. The molecule has 0 radical (unpaired) electrons. The maximum Gasteiger partial charge on any atom is 0.0443 e. The Kier molecular flexibility index (Phi) is 4.08. The van der Waals surface area contributed by atoms with Gasteiger partial charge in [0.1, 0.15) is 0 Å². The predicted octanol–water partition coefficient (Wildman–Crippen LogP) is 4.25. The van der Waals surface area contributed by atoms with E-state index in [0.717, 1.165) is 13.1 Å². The molecule has 0 unspecified atom stereocenters. The molecule has 104 valence electrons. The minimum Gasteiger partial charge on any atom is -0.341 e. The second kappa shape index (κ2) is 5.98. The van der Waals surface area contributed by atoms with E-state index in [1.165, 1.54) is 39.8 Å². The van der Waals surface area contributed by atoms with Gasteiger partial charge in [-0.3, -0.25) is 0 Å². The van der Waals surface area contributed by atoms with Crippen molar-refractivity contribution in [3.05, 3.63) is 58.1 Å². The van der Waals surface area contributed by atoms with Crippen molar-refractivity contribution in [1.82, 2.24) is 5.32 Å². The first kappa shape index (κ1) is 13.7. The number of nitrogens with one attached hydrogen (secondary N) is 1. The molecule has 0 amide bonds. The molecule has 0 fully saturated rings. The van der Waals surface area contributed by atoms with Crippen LogP contribution in [0.1, 0.15) is 17.5 Å². The first-order chi connectivity index (χ1) is 9.79. The van der Waals surface area contributed by atoms with E-state index in [1.54, 1.807) is 0 Å². The van der Waals surface area contributed by atoms with Gasteiger partial charge in [-0.1, -0.05) is 40.2 Å². The maximum absolute atomic E-state index is 3.69. The smallest absolute Gasteiger partial charge is 0.0443 e. The van der Waals surface area contributed by atoms with Crippen LogP contribution in [0.3, 0.4) is 0 Å². The van der Waals surface area contributed by atoms with Crippen LogP contribution in [0.15, 0.2) is 46.9 Å². The standard InChI is InChI=1S/C17H19BrN2/c1-19-12-14-8-9-15(11-16(14)18)20-10-4-6-13-5-2-3-7-17(13)20/h2-3,5,7-9,11,19H,4,6,10,12H2,1H3. The fourth-order valence-corrected chi connectivity index (χ4v) is 3.35. The van der Waals surface area contributed by atoms with Crippen molar-refractivity contribution in [2.24, 2.45) is 0 Å². The summed E-state index contributed by atoms with van der Waals surface area (Å²) in [4.78, 5) is 2.42. The molecular weight excluding hydrogens is 312 g/mol. The van der Waals surface area contributed by atoms with E-state index in [9.17, 15) is 0 Å². The van der Waals surface area contributed by atoms with Crippen molar-refractivity contribution in [3.63, 3.8) is 0 Å². The number of halogens is 1. The van der Waals surface area contributed by atoms with Crippen molar-refractivity contribution in [3.8, 4) is 0 Å². The third kappa shape index (κ3) is 2.60. The molecule has 1 heterocycles. The number of fused-ring (bicyclic) bond motifs is 1. The molecule has 3 heteroatoms. The minimum atomic E-state index is 0.886. The van der Waals surface area contributed by atoms with Crippen molar-refractivity contribution in [1.29, 1.82) is 0 Å². The molecule has 2 nitrogen and oxygen atoms in total. The van der Waals surface area contributed by atoms with Crippen LogP contribution in [0.2, 0.25) is 0 Å². The molecule has 0 aliphatic carbocycles. The summed E-state index contributed by atoms with van der Waals surface area (Å²) < 4.78 is 1.17. The monoisotopic (exact) mass is 330 g/mol. The van der Waals surface area contributed by atoms with Crippen LogP contribution in [-0.4, -0.2) is 13.6 Å². The van der Waals surface area contributed by atoms with Crippen LogP contribution in [0.25, 0.3) is 0 Å². The topological polar surface area (TPSA) is 15.3 Å². The molecule has 20 heavy (non-hydrogen) atoms. The van der Waals surface area contributed by atoms with E-state index in [4.69, 9.17) is 0 Å². The van der Waals surface area contributed by atoms with Crippen LogP contribution in [0.5, 0.6) is 0 Å². The molecule has 1 aliphatic heterocycles. The first-order valence-corrected chi connectivity index (χ1v) is 7.87. The van der Waals surface area contributed by atoms with E-state index < -0.39 is 0 Å². The number of para-hydroxylation sites is 1. The quantitative estimate of drug-likeness (QED) is 0.904. The predicted molar refractivity (Wildman–Crippen MR) is 88.7 cm³/mol. The van der Waals surface area contributed by atoms with Crippen molar-refractivity contribution in [2.75, 3.05) is 18.5 Å². The summed E-state index contributed by atoms with van der Waals surface area (Å²) in [6.45, 7) is 1.98. The highest BCUT2D eigenvalue weighted by molar-refractivity contribution is 9.10. The molecule has 0 saturated carbocycles. The summed E-state index contributed by atoms with van der Waals surface area (Å²) in [6, 6.07) is 15.4. The third-order valence-corrected chi connectivity index (χ3v) is 4.56. The van der Waals surface area contributed by atoms with Crippen LogP contribution in [-0.2, 0) is 13.0 Å². The zero-order valence-electron chi connectivity index (χ0n) is 11.7. The number of aryl methyl sites for hydroxylation is 1. The van der Waals surface area contributed by atoms with Gasteiger partial charge in [0.25, 0.3) is 0 Å². The molecular formula is C17H19BrN2. The third-order valence-electron chi connectivity index (χ3n) is 3.83. The zero-order valence-corrected chi connectivity index (χ0v) is 13.3. The van der Waals surface area contributed by atoms with Gasteiger partial charge in [-0.2, -0.15) is 0 Å². The molecule has 0 saturated heterocycles. The number of nitrogens with zero attached hydrogens (tertiary/aromatic N) is 1. The Hall–Kier alpha value is -1.32. The molecule has 2 aromatic rings. The highest BCUT2D eigenvalue weighted by atomic mass is 79.9. The second-order valence-electron chi connectivity index (χ2n) is 5.19. The Morgan fingerprint density at radius 2 is 2.05 bits per heavy atom. The lowest BCUT2D eigenvalue weighted by Crippen LogP contribution is -2.24. The van der Waals surface area contributed by atoms with Gasteiger partial charge in [0.15, 0.2) is 0 Å². The fourth-order valence-electron chi connectivity index (χ4n) is 2.84. The molecule has 0 atom stereocenters. The largest absolute Gasteiger partial charge is 0.341 e. The Morgan fingerprint density at radius 3 is 2.85 bits per heavy atom. The van der Waals surface area contributed by atoms with Gasteiger partial charge < -0.3 is 10.2 Å². The van der Waals surface area contributed by atoms with E-state index in [2.05, 4.69) is 68.6 Å². The van der Waals surface area contributed by atoms with Crippen LogP contribution in [0.4, 0.5) is 11.4 Å². The summed E-state index contributed by atoms with van der Waals surface area (Å²) in [5, 5.41) is 3.20.